The van der Waals surface area contributed by atoms with Gasteiger partial charge in [0.15, 0.2) is 5.43 Å². The normalized spacial score (nSPS) is 10.7. The minimum absolute atomic E-state index is 0.122. The van der Waals surface area contributed by atoms with E-state index in [0.29, 0.717) is 17.9 Å². The first-order chi connectivity index (χ1) is 15.4. The number of para-hydroxylation sites is 1. The Morgan fingerprint density at radius 2 is 1.62 bits per heavy atom. The van der Waals surface area contributed by atoms with Gasteiger partial charge in [0.25, 0.3) is 5.91 Å². The lowest BCUT2D eigenvalue weighted by molar-refractivity contribution is 0.102. The molecule has 0 aliphatic heterocycles. The van der Waals surface area contributed by atoms with Gasteiger partial charge in [-0.1, -0.05) is 48.0 Å². The zero-order valence-electron chi connectivity index (χ0n) is 18.4. The zero-order valence-corrected chi connectivity index (χ0v) is 18.4. The van der Waals surface area contributed by atoms with Crippen molar-refractivity contribution < 1.29 is 4.79 Å². The number of carbonyl (C=O) groups excluding carboxylic acids is 1. The SMILES string of the molecule is Cc1ccc(Cn2c(C)cc(=O)c(C(=O)Nc3ccccc3C)c2-c2ccncc2)cc1. The Bertz CT molecular complexity index is 1320. The van der Waals surface area contributed by atoms with Crippen molar-refractivity contribution in [3.63, 3.8) is 0 Å². The first kappa shape index (κ1) is 21.2. The van der Waals surface area contributed by atoms with Gasteiger partial charge >= 0.3 is 0 Å². The number of nitrogens with one attached hydrogen (secondary N) is 1. The molecule has 0 saturated carbocycles. The van der Waals surface area contributed by atoms with Crippen LogP contribution in [0, 0.1) is 20.8 Å². The molecule has 0 aliphatic rings. The molecule has 0 bridgehead atoms. The van der Waals surface area contributed by atoms with Gasteiger partial charge in [-0.3, -0.25) is 14.6 Å². The summed E-state index contributed by atoms with van der Waals surface area (Å²) in [6, 6.07) is 21.0. The predicted molar refractivity (Wildman–Crippen MR) is 128 cm³/mol. The summed E-state index contributed by atoms with van der Waals surface area (Å²) in [6.07, 6.45) is 3.34. The molecule has 0 spiro atoms. The van der Waals surface area contributed by atoms with E-state index in [9.17, 15) is 9.59 Å². The molecule has 0 saturated heterocycles. The fourth-order valence-corrected chi connectivity index (χ4v) is 3.77. The number of anilines is 1. The zero-order chi connectivity index (χ0) is 22.7. The van der Waals surface area contributed by atoms with E-state index >= 15 is 0 Å². The number of amides is 1. The summed E-state index contributed by atoms with van der Waals surface area (Å²) in [4.78, 5) is 30.6. The molecule has 2 aromatic carbocycles. The van der Waals surface area contributed by atoms with Crippen LogP contribution in [0.25, 0.3) is 11.3 Å². The fraction of sp³-hybridized carbons (Fsp3) is 0.148. The van der Waals surface area contributed by atoms with Crippen molar-refractivity contribution in [2.24, 2.45) is 0 Å². The third kappa shape index (κ3) is 4.37. The highest BCUT2D eigenvalue weighted by Gasteiger charge is 2.22. The molecule has 0 fully saturated rings. The van der Waals surface area contributed by atoms with Crippen molar-refractivity contribution in [2.45, 2.75) is 27.3 Å². The smallest absolute Gasteiger partial charge is 0.261 e. The van der Waals surface area contributed by atoms with Crippen LogP contribution >= 0.6 is 0 Å². The molecule has 2 aromatic heterocycles. The monoisotopic (exact) mass is 423 g/mol. The van der Waals surface area contributed by atoms with Crippen molar-refractivity contribution in [2.75, 3.05) is 5.32 Å². The topological polar surface area (TPSA) is 64.0 Å². The lowest BCUT2D eigenvalue weighted by Crippen LogP contribution is -2.27. The van der Waals surface area contributed by atoms with E-state index in [0.717, 1.165) is 22.4 Å². The van der Waals surface area contributed by atoms with E-state index in [1.165, 1.54) is 11.6 Å². The lowest BCUT2D eigenvalue weighted by atomic mass is 10.0. The maximum atomic E-state index is 13.4. The van der Waals surface area contributed by atoms with Gasteiger partial charge in [-0.15, -0.1) is 0 Å². The minimum atomic E-state index is -0.422. The van der Waals surface area contributed by atoms with Gasteiger partial charge in [0.2, 0.25) is 0 Å². The van der Waals surface area contributed by atoms with Crippen LogP contribution < -0.4 is 10.7 Å². The van der Waals surface area contributed by atoms with Crippen molar-refractivity contribution in [1.29, 1.82) is 0 Å². The van der Waals surface area contributed by atoms with Crippen LogP contribution in [-0.2, 0) is 6.54 Å². The number of aryl methyl sites for hydroxylation is 3. The molecule has 4 aromatic rings. The van der Waals surface area contributed by atoms with Crippen molar-refractivity contribution in [3.8, 4) is 11.3 Å². The Morgan fingerprint density at radius 1 is 0.938 bits per heavy atom. The van der Waals surface area contributed by atoms with E-state index in [-0.39, 0.29) is 11.0 Å². The van der Waals surface area contributed by atoms with Gasteiger partial charge in [0.05, 0.1) is 5.69 Å². The highest BCUT2D eigenvalue weighted by molar-refractivity contribution is 6.08. The molecule has 160 valence electrons. The summed E-state index contributed by atoms with van der Waals surface area (Å²) in [5.74, 6) is -0.422. The Morgan fingerprint density at radius 3 is 2.31 bits per heavy atom. The average molecular weight is 424 g/mol. The van der Waals surface area contributed by atoms with E-state index in [2.05, 4.69) is 34.6 Å². The first-order valence-electron chi connectivity index (χ1n) is 10.5. The third-order valence-corrected chi connectivity index (χ3v) is 5.55. The molecule has 32 heavy (non-hydrogen) atoms. The standard InChI is InChI=1S/C27H25N3O2/c1-18-8-10-21(11-9-18)17-30-20(3)16-24(31)25(26(30)22-12-14-28-15-13-22)27(32)29-23-7-5-4-6-19(23)2/h4-16H,17H2,1-3H3,(H,29,32). The molecule has 2 heterocycles. The van der Waals surface area contributed by atoms with Gasteiger partial charge in [0, 0.05) is 41.9 Å². The largest absolute Gasteiger partial charge is 0.340 e. The Hall–Kier alpha value is -3.99. The Balaban J connectivity index is 1.89. The van der Waals surface area contributed by atoms with Crippen LogP contribution in [0.15, 0.2) is 83.9 Å². The number of rotatable bonds is 5. The van der Waals surface area contributed by atoms with Gasteiger partial charge in [-0.2, -0.15) is 0 Å². The summed E-state index contributed by atoms with van der Waals surface area (Å²) in [5.41, 5.74) is 5.84. The summed E-state index contributed by atoms with van der Waals surface area (Å²) in [7, 11) is 0. The van der Waals surface area contributed by atoms with E-state index in [1.807, 2.05) is 61.7 Å². The lowest BCUT2D eigenvalue weighted by Gasteiger charge is -2.21. The second-order valence-electron chi connectivity index (χ2n) is 7.95. The fourth-order valence-electron chi connectivity index (χ4n) is 3.77. The summed E-state index contributed by atoms with van der Waals surface area (Å²) < 4.78 is 2.02. The third-order valence-electron chi connectivity index (χ3n) is 5.55. The summed E-state index contributed by atoms with van der Waals surface area (Å²) in [6.45, 7) is 6.40. The van der Waals surface area contributed by atoms with Gasteiger partial charge in [-0.05, 0) is 50.1 Å². The Kier molecular flexibility index (Phi) is 5.99. The molecule has 0 unspecified atom stereocenters. The van der Waals surface area contributed by atoms with E-state index < -0.39 is 5.91 Å². The number of hydrogen-bond acceptors (Lipinski definition) is 3. The molecule has 0 radical (unpaired) electrons. The van der Waals surface area contributed by atoms with Crippen molar-refractivity contribution >= 4 is 11.6 Å². The molecule has 1 N–H and O–H groups in total. The molecule has 4 rings (SSSR count). The first-order valence-corrected chi connectivity index (χ1v) is 10.5. The molecule has 5 heteroatoms. The molecule has 0 aliphatic carbocycles. The van der Waals surface area contributed by atoms with Gasteiger partial charge < -0.3 is 9.88 Å². The highest BCUT2D eigenvalue weighted by atomic mass is 16.2. The number of benzene rings is 2. The molecule has 0 atom stereocenters. The van der Waals surface area contributed by atoms with Crippen LogP contribution in [0.1, 0.15) is 32.7 Å². The second-order valence-corrected chi connectivity index (χ2v) is 7.95. The minimum Gasteiger partial charge on any atom is -0.340 e. The Labute approximate surface area is 187 Å². The molecular weight excluding hydrogens is 398 g/mol. The van der Waals surface area contributed by atoms with Gasteiger partial charge in [0.1, 0.15) is 5.56 Å². The second kappa shape index (κ2) is 9.02. The van der Waals surface area contributed by atoms with Crippen molar-refractivity contribution in [1.82, 2.24) is 9.55 Å². The number of pyridine rings is 2. The van der Waals surface area contributed by atoms with Crippen LogP contribution in [0.2, 0.25) is 0 Å². The highest BCUT2D eigenvalue weighted by Crippen LogP contribution is 2.25. The van der Waals surface area contributed by atoms with Gasteiger partial charge in [-0.25, -0.2) is 0 Å². The average Bonchev–Trinajstić information content (AvgIpc) is 2.78. The van der Waals surface area contributed by atoms with E-state index in [4.69, 9.17) is 0 Å². The summed E-state index contributed by atoms with van der Waals surface area (Å²) >= 11 is 0. The van der Waals surface area contributed by atoms with Crippen LogP contribution in [-0.4, -0.2) is 15.5 Å². The summed E-state index contributed by atoms with van der Waals surface area (Å²) in [5, 5.41) is 2.93. The maximum absolute atomic E-state index is 13.4. The number of carbonyl (C=O) groups is 1. The quantitative estimate of drug-likeness (QED) is 0.484. The van der Waals surface area contributed by atoms with Crippen molar-refractivity contribution in [3.05, 3.63) is 117 Å². The molecule has 5 nitrogen and oxygen atoms in total. The number of aromatic nitrogens is 2. The van der Waals surface area contributed by atoms with Crippen LogP contribution in [0.5, 0.6) is 0 Å². The van der Waals surface area contributed by atoms with Crippen LogP contribution in [0.4, 0.5) is 5.69 Å². The molecular formula is C27H25N3O2. The number of nitrogens with zero attached hydrogens (tertiary/aromatic N) is 2. The molecule has 1 amide bonds. The van der Waals surface area contributed by atoms with E-state index in [1.54, 1.807) is 12.4 Å². The number of hydrogen-bond donors (Lipinski definition) is 1. The van der Waals surface area contributed by atoms with Crippen LogP contribution in [0.3, 0.4) is 0 Å². The maximum Gasteiger partial charge on any atom is 0.261 e. The predicted octanol–water partition coefficient (Wildman–Crippen LogP) is 5.14.